The van der Waals surface area contributed by atoms with E-state index in [0.29, 0.717) is 0 Å². The normalized spacial score (nSPS) is 4.60. The molecule has 0 aliphatic carbocycles. The van der Waals surface area contributed by atoms with Crippen LogP contribution in [0.15, 0.2) is 0 Å². The molecule has 2 nitrogen and oxygen atoms in total. The van der Waals surface area contributed by atoms with Gasteiger partial charge in [-0.15, -0.1) is 12.8 Å². The molecule has 0 aromatic rings. The standard InChI is InChI=1S/C2H2.HO2P/c1-2;1-3-2/h1-2H;(H,1,2)/p-1. The van der Waals surface area contributed by atoms with E-state index in [0.717, 1.165) is 0 Å². The van der Waals surface area contributed by atoms with Crippen LogP contribution < -0.4 is 4.89 Å². The first kappa shape index (κ1) is 8.82. The summed E-state index contributed by atoms with van der Waals surface area (Å²) in [5.41, 5.74) is 0. The van der Waals surface area contributed by atoms with E-state index >= 15 is 0 Å². The van der Waals surface area contributed by atoms with Crippen molar-refractivity contribution in [2.45, 2.75) is 0 Å². The summed E-state index contributed by atoms with van der Waals surface area (Å²) in [7, 11) is -1.08. The fraction of sp³-hybridized carbons (Fsp3) is 0. The fourth-order valence-electron chi connectivity index (χ4n) is 0. The molecule has 0 heterocycles. The maximum absolute atomic E-state index is 8.35. The molecule has 3 heteroatoms. The van der Waals surface area contributed by atoms with Gasteiger partial charge in [-0.2, -0.15) is 0 Å². The fourth-order valence-corrected chi connectivity index (χ4v) is 0. The van der Waals surface area contributed by atoms with Crippen molar-refractivity contribution in [1.82, 2.24) is 0 Å². The van der Waals surface area contributed by atoms with E-state index in [1.165, 1.54) is 0 Å². The van der Waals surface area contributed by atoms with E-state index in [9.17, 15) is 0 Å². The smallest absolute Gasteiger partial charge is 0.0642 e. The highest BCUT2D eigenvalue weighted by Gasteiger charge is 1.01. The maximum atomic E-state index is 8.35. The zero-order valence-corrected chi connectivity index (χ0v) is 3.31. The summed E-state index contributed by atoms with van der Waals surface area (Å²) in [5, 5.41) is 0. The van der Waals surface area contributed by atoms with Gasteiger partial charge in [0.05, 0.1) is 8.69 Å². The summed E-state index contributed by atoms with van der Waals surface area (Å²) in [6.07, 6.45) is 8.00. The number of terminal acetylenes is 1. The summed E-state index contributed by atoms with van der Waals surface area (Å²) < 4.78 is 8.35. The van der Waals surface area contributed by atoms with Crippen LogP contribution >= 0.6 is 8.69 Å². The molecule has 0 radical (unpaired) electrons. The molecular weight excluding hydrogens is 87.0 g/mol. The second kappa shape index (κ2) is 64.6. The highest BCUT2D eigenvalue weighted by atomic mass is 31.1. The number of hydrogen-bond acceptors (Lipinski definition) is 2. The quantitative estimate of drug-likeness (QED) is 0.304. The predicted molar refractivity (Wildman–Crippen MR) is 17.5 cm³/mol. The first-order valence-corrected chi connectivity index (χ1v) is 1.43. The molecule has 0 aliphatic rings. The molecule has 0 rings (SSSR count). The second-order valence-electron chi connectivity index (χ2n) is 0.0745. The Balaban J connectivity index is 0. The first-order valence-electron chi connectivity index (χ1n) is 0.698. The van der Waals surface area contributed by atoms with Crippen molar-refractivity contribution < 1.29 is 9.46 Å². The Bertz CT molecular complexity index is 31.9. The molecule has 0 fully saturated rings. The van der Waals surface area contributed by atoms with Crippen LogP contribution in [0.2, 0.25) is 0 Å². The lowest BCUT2D eigenvalue weighted by Gasteiger charge is -1.57. The summed E-state index contributed by atoms with van der Waals surface area (Å²) in [6.45, 7) is 0. The van der Waals surface area contributed by atoms with Crippen molar-refractivity contribution >= 4 is 8.69 Å². The van der Waals surface area contributed by atoms with E-state index in [2.05, 4.69) is 12.8 Å². The van der Waals surface area contributed by atoms with Gasteiger partial charge in [0.25, 0.3) is 0 Å². The van der Waals surface area contributed by atoms with Crippen LogP contribution in [0.25, 0.3) is 0 Å². The summed E-state index contributed by atoms with van der Waals surface area (Å²) in [5.74, 6) is 0. The van der Waals surface area contributed by atoms with Gasteiger partial charge in [0.1, 0.15) is 0 Å². The van der Waals surface area contributed by atoms with Crippen molar-refractivity contribution in [2.75, 3.05) is 0 Å². The third kappa shape index (κ3) is 65.8. The highest BCUT2D eigenvalue weighted by molar-refractivity contribution is 7.14. The molecule has 5 heavy (non-hydrogen) atoms. The summed E-state index contributed by atoms with van der Waals surface area (Å²) in [6, 6.07) is 0. The Kier molecular flexibility index (Phi) is 114. The minimum atomic E-state index is -1.08. The van der Waals surface area contributed by atoms with Crippen LogP contribution in [-0.2, 0) is 4.57 Å². The molecule has 0 saturated carbocycles. The zero-order valence-electron chi connectivity index (χ0n) is 2.42. The minimum absolute atomic E-state index is 1.08. The van der Waals surface area contributed by atoms with E-state index in [1.807, 2.05) is 0 Å². The van der Waals surface area contributed by atoms with Gasteiger partial charge in [-0.3, -0.25) is 4.57 Å². The molecule has 0 saturated heterocycles. The Morgan fingerprint density at radius 1 is 1.60 bits per heavy atom. The van der Waals surface area contributed by atoms with E-state index < -0.39 is 8.69 Å². The van der Waals surface area contributed by atoms with Crippen LogP contribution in [0, 0.1) is 12.8 Å². The Labute approximate surface area is 32.1 Å². The van der Waals surface area contributed by atoms with Crippen LogP contribution in [0.5, 0.6) is 0 Å². The van der Waals surface area contributed by atoms with Gasteiger partial charge >= 0.3 is 0 Å². The summed E-state index contributed by atoms with van der Waals surface area (Å²) >= 11 is 0. The lowest BCUT2D eigenvalue weighted by molar-refractivity contribution is -0.154. The molecule has 0 aliphatic heterocycles. The van der Waals surface area contributed by atoms with Gasteiger partial charge in [0.15, 0.2) is 0 Å². The maximum Gasteiger partial charge on any atom is 0.0642 e. The molecule has 0 aromatic carbocycles. The third-order valence-corrected chi connectivity index (χ3v) is 0. The van der Waals surface area contributed by atoms with Crippen LogP contribution in [0.1, 0.15) is 0 Å². The lowest BCUT2D eigenvalue weighted by atomic mass is 11.4. The van der Waals surface area contributed by atoms with Crippen LogP contribution in [-0.4, -0.2) is 0 Å². The summed E-state index contributed by atoms with van der Waals surface area (Å²) in [4.78, 5) is 8.35. The van der Waals surface area contributed by atoms with Gasteiger partial charge in [-0.05, 0) is 0 Å². The van der Waals surface area contributed by atoms with Crippen LogP contribution in [0.3, 0.4) is 0 Å². The molecule has 0 aromatic heterocycles. The average molecular weight is 89.0 g/mol. The first-order chi connectivity index (χ1) is 2.41. The minimum Gasteiger partial charge on any atom is -0.772 e. The van der Waals surface area contributed by atoms with Gasteiger partial charge in [-0.25, -0.2) is 0 Å². The highest BCUT2D eigenvalue weighted by Crippen LogP contribution is 1.53. The van der Waals surface area contributed by atoms with Crippen LogP contribution in [0.4, 0.5) is 0 Å². The molecule has 0 atom stereocenters. The monoisotopic (exact) mass is 89.0 g/mol. The molecular formula is C2H2O2P-. The van der Waals surface area contributed by atoms with Crippen molar-refractivity contribution in [3.05, 3.63) is 0 Å². The van der Waals surface area contributed by atoms with Crippen molar-refractivity contribution in [1.29, 1.82) is 0 Å². The Morgan fingerprint density at radius 2 is 1.60 bits per heavy atom. The van der Waals surface area contributed by atoms with Gasteiger partial charge in [-0.1, -0.05) is 0 Å². The SMILES string of the molecule is C#C.O=P[O-]. The molecule has 28 valence electrons. The molecule has 0 amide bonds. The van der Waals surface area contributed by atoms with E-state index in [1.54, 1.807) is 0 Å². The van der Waals surface area contributed by atoms with E-state index in [-0.39, 0.29) is 0 Å². The van der Waals surface area contributed by atoms with Crippen molar-refractivity contribution in [3.8, 4) is 12.8 Å². The van der Waals surface area contributed by atoms with Gasteiger partial charge in [0, 0.05) is 0 Å². The molecule has 0 bridgehead atoms. The topological polar surface area (TPSA) is 40.1 Å². The molecule has 0 spiro atoms. The van der Waals surface area contributed by atoms with Gasteiger partial charge < -0.3 is 4.89 Å². The lowest BCUT2D eigenvalue weighted by Crippen LogP contribution is -1.65. The number of hydrogen-bond donors (Lipinski definition) is 0. The average Bonchev–Trinajstić information content (AvgIpc) is 1.46. The van der Waals surface area contributed by atoms with Crippen molar-refractivity contribution in [2.24, 2.45) is 0 Å². The molecule has 0 unspecified atom stereocenters. The Morgan fingerprint density at radius 3 is 1.60 bits per heavy atom. The van der Waals surface area contributed by atoms with Crippen molar-refractivity contribution in [3.63, 3.8) is 0 Å². The largest absolute Gasteiger partial charge is 0.772 e. The second-order valence-corrected chi connectivity index (χ2v) is 0.224. The third-order valence-electron chi connectivity index (χ3n) is 0. The number of rotatable bonds is 0. The zero-order chi connectivity index (χ0) is 4.71. The Hall–Kier alpha value is -0.380. The molecule has 0 N–H and O–H groups in total. The van der Waals surface area contributed by atoms with E-state index in [4.69, 9.17) is 9.46 Å². The van der Waals surface area contributed by atoms with Gasteiger partial charge in [0.2, 0.25) is 0 Å². The predicted octanol–water partition coefficient (Wildman–Crippen LogP) is -0.197.